The van der Waals surface area contributed by atoms with Crippen LogP contribution < -0.4 is 10.6 Å². The molecule has 0 aromatic heterocycles. The molecular formula is C15H14ClN3O4. The average molecular weight is 336 g/mol. The minimum Gasteiger partial charge on any atom is -0.508 e. The summed E-state index contributed by atoms with van der Waals surface area (Å²) in [5, 5.41) is 25.1. The van der Waals surface area contributed by atoms with Gasteiger partial charge in [0.1, 0.15) is 5.75 Å². The minimum atomic E-state index is -0.562. The lowest BCUT2D eigenvalue weighted by molar-refractivity contribution is -0.384. The number of benzene rings is 2. The second-order valence-corrected chi connectivity index (χ2v) is 5.13. The molecule has 120 valence electrons. The fraction of sp³-hybridized carbons (Fsp3) is 0.133. The Bertz CT molecular complexity index is 719. The van der Waals surface area contributed by atoms with Crippen molar-refractivity contribution in [2.75, 3.05) is 11.9 Å². The molecule has 2 amide bonds. The lowest BCUT2D eigenvalue weighted by atomic mass is 10.1. The predicted molar refractivity (Wildman–Crippen MR) is 86.9 cm³/mol. The summed E-state index contributed by atoms with van der Waals surface area (Å²) in [6.45, 7) is 0.390. The number of aromatic hydroxyl groups is 1. The van der Waals surface area contributed by atoms with E-state index in [0.29, 0.717) is 18.7 Å². The van der Waals surface area contributed by atoms with Crippen LogP contribution in [0.3, 0.4) is 0 Å². The average Bonchev–Trinajstić information content (AvgIpc) is 2.51. The molecule has 0 saturated carbocycles. The summed E-state index contributed by atoms with van der Waals surface area (Å²) in [5.74, 6) is 0.187. The molecule has 0 saturated heterocycles. The first-order chi connectivity index (χ1) is 11.0. The van der Waals surface area contributed by atoms with Crippen LogP contribution >= 0.6 is 11.6 Å². The number of hydrogen-bond acceptors (Lipinski definition) is 4. The summed E-state index contributed by atoms with van der Waals surface area (Å²) in [6.07, 6.45) is 0.599. The zero-order valence-corrected chi connectivity index (χ0v) is 12.7. The number of anilines is 1. The van der Waals surface area contributed by atoms with Crippen LogP contribution in [0.4, 0.5) is 16.2 Å². The highest BCUT2D eigenvalue weighted by atomic mass is 35.5. The number of nitro groups is 1. The number of amides is 2. The second kappa shape index (κ2) is 7.46. The fourth-order valence-corrected chi connectivity index (χ4v) is 2.09. The molecule has 0 spiro atoms. The Hall–Kier alpha value is -2.80. The highest BCUT2D eigenvalue weighted by molar-refractivity contribution is 6.33. The standard InChI is InChI=1S/C15H14ClN3O4/c16-13-9-11(19(22)23)3-6-14(13)18-15(21)17-8-7-10-1-4-12(20)5-2-10/h1-6,9,20H,7-8H2,(H2,17,18,21). The number of phenolic OH excluding ortho intramolecular Hbond substituents is 1. The van der Waals surface area contributed by atoms with Crippen molar-refractivity contribution in [3.05, 3.63) is 63.2 Å². The van der Waals surface area contributed by atoms with Gasteiger partial charge in [0, 0.05) is 18.7 Å². The van der Waals surface area contributed by atoms with Crippen LogP contribution in [0.25, 0.3) is 0 Å². The van der Waals surface area contributed by atoms with E-state index in [-0.39, 0.29) is 16.5 Å². The molecule has 3 N–H and O–H groups in total. The van der Waals surface area contributed by atoms with Gasteiger partial charge in [-0.3, -0.25) is 10.1 Å². The summed E-state index contributed by atoms with van der Waals surface area (Å²) >= 11 is 5.89. The van der Waals surface area contributed by atoms with Crippen LogP contribution in [0, 0.1) is 10.1 Å². The van der Waals surface area contributed by atoms with Crippen molar-refractivity contribution in [2.24, 2.45) is 0 Å². The first-order valence-corrected chi connectivity index (χ1v) is 7.10. The highest BCUT2D eigenvalue weighted by Gasteiger charge is 2.11. The molecule has 0 aliphatic carbocycles. The zero-order valence-electron chi connectivity index (χ0n) is 12.0. The molecule has 0 fully saturated rings. The fourth-order valence-electron chi connectivity index (χ4n) is 1.87. The number of phenols is 1. The largest absolute Gasteiger partial charge is 0.508 e. The van der Waals surface area contributed by atoms with Crippen molar-refractivity contribution in [3.63, 3.8) is 0 Å². The van der Waals surface area contributed by atoms with Gasteiger partial charge in [0.25, 0.3) is 5.69 Å². The maximum absolute atomic E-state index is 11.8. The zero-order chi connectivity index (χ0) is 16.8. The van der Waals surface area contributed by atoms with Crippen LogP contribution in [-0.2, 0) is 6.42 Å². The van der Waals surface area contributed by atoms with Crippen LogP contribution in [0.2, 0.25) is 5.02 Å². The van der Waals surface area contributed by atoms with E-state index in [0.717, 1.165) is 5.56 Å². The lowest BCUT2D eigenvalue weighted by Crippen LogP contribution is -2.30. The van der Waals surface area contributed by atoms with E-state index in [1.807, 2.05) is 0 Å². The number of non-ortho nitro benzene ring substituents is 1. The van der Waals surface area contributed by atoms with Gasteiger partial charge in [-0.1, -0.05) is 23.7 Å². The number of nitrogens with zero attached hydrogens (tertiary/aromatic N) is 1. The monoisotopic (exact) mass is 335 g/mol. The van der Waals surface area contributed by atoms with Gasteiger partial charge in [0.15, 0.2) is 0 Å². The molecule has 0 heterocycles. The van der Waals surface area contributed by atoms with Crippen LogP contribution in [0.15, 0.2) is 42.5 Å². The summed E-state index contributed by atoms with van der Waals surface area (Å²) < 4.78 is 0. The van der Waals surface area contributed by atoms with Crippen molar-refractivity contribution in [2.45, 2.75) is 6.42 Å². The lowest BCUT2D eigenvalue weighted by Gasteiger charge is -2.09. The molecule has 0 unspecified atom stereocenters. The molecule has 8 heteroatoms. The van der Waals surface area contributed by atoms with Gasteiger partial charge in [-0.05, 0) is 30.2 Å². The molecule has 0 radical (unpaired) electrons. The van der Waals surface area contributed by atoms with Gasteiger partial charge in [0.2, 0.25) is 0 Å². The maximum Gasteiger partial charge on any atom is 0.319 e. The van der Waals surface area contributed by atoms with E-state index in [1.54, 1.807) is 24.3 Å². The Kier molecular flexibility index (Phi) is 5.37. The van der Waals surface area contributed by atoms with E-state index in [2.05, 4.69) is 10.6 Å². The van der Waals surface area contributed by atoms with E-state index in [1.165, 1.54) is 18.2 Å². The normalized spacial score (nSPS) is 10.1. The molecule has 23 heavy (non-hydrogen) atoms. The third-order valence-corrected chi connectivity index (χ3v) is 3.36. The maximum atomic E-state index is 11.8. The number of nitro benzene ring substituents is 1. The Morgan fingerprint density at radius 1 is 1.22 bits per heavy atom. The van der Waals surface area contributed by atoms with Crippen LogP contribution in [-0.4, -0.2) is 22.6 Å². The van der Waals surface area contributed by atoms with E-state index in [4.69, 9.17) is 11.6 Å². The first-order valence-electron chi connectivity index (χ1n) is 6.72. The molecule has 0 bridgehead atoms. The van der Waals surface area contributed by atoms with E-state index in [9.17, 15) is 20.0 Å². The molecule has 0 aliphatic heterocycles. The number of carbonyl (C=O) groups is 1. The smallest absolute Gasteiger partial charge is 0.319 e. The third-order valence-electron chi connectivity index (χ3n) is 3.05. The molecule has 2 aromatic carbocycles. The van der Waals surface area contributed by atoms with Crippen molar-refractivity contribution in [1.29, 1.82) is 0 Å². The van der Waals surface area contributed by atoms with Crippen molar-refractivity contribution >= 4 is 29.0 Å². The Labute approximate surface area is 137 Å². The summed E-state index contributed by atoms with van der Waals surface area (Å²) in [6, 6.07) is 10.0. The molecule has 0 aliphatic rings. The minimum absolute atomic E-state index is 0.0906. The van der Waals surface area contributed by atoms with Gasteiger partial charge >= 0.3 is 6.03 Å². The number of carbonyl (C=O) groups excluding carboxylic acids is 1. The Morgan fingerprint density at radius 2 is 1.91 bits per heavy atom. The summed E-state index contributed by atoms with van der Waals surface area (Å²) in [7, 11) is 0. The van der Waals surface area contributed by atoms with Gasteiger partial charge in [-0.2, -0.15) is 0 Å². The summed E-state index contributed by atoms with van der Waals surface area (Å²) in [5.41, 5.74) is 1.11. The van der Waals surface area contributed by atoms with Gasteiger partial charge in [0.05, 0.1) is 15.6 Å². The highest BCUT2D eigenvalue weighted by Crippen LogP contribution is 2.26. The predicted octanol–water partition coefficient (Wildman–Crippen LogP) is 3.32. The van der Waals surface area contributed by atoms with Gasteiger partial charge < -0.3 is 15.7 Å². The quantitative estimate of drug-likeness (QED) is 0.575. The van der Waals surface area contributed by atoms with Crippen LogP contribution in [0.1, 0.15) is 5.56 Å². The molecule has 2 aromatic rings. The van der Waals surface area contributed by atoms with Gasteiger partial charge in [-0.25, -0.2) is 4.79 Å². The number of hydrogen-bond donors (Lipinski definition) is 3. The second-order valence-electron chi connectivity index (χ2n) is 4.72. The van der Waals surface area contributed by atoms with Crippen LogP contribution in [0.5, 0.6) is 5.75 Å². The SMILES string of the molecule is O=C(NCCc1ccc(O)cc1)Nc1ccc([N+](=O)[O-])cc1Cl. The number of nitrogens with one attached hydrogen (secondary N) is 2. The number of rotatable bonds is 5. The topological polar surface area (TPSA) is 104 Å². The van der Waals surface area contributed by atoms with Gasteiger partial charge in [-0.15, -0.1) is 0 Å². The first kappa shape index (κ1) is 16.6. The van der Waals surface area contributed by atoms with E-state index >= 15 is 0 Å². The molecular weight excluding hydrogens is 322 g/mol. The number of urea groups is 1. The Balaban J connectivity index is 1.85. The molecule has 2 rings (SSSR count). The third kappa shape index (κ3) is 4.86. The summed E-state index contributed by atoms with van der Waals surface area (Å²) in [4.78, 5) is 21.8. The van der Waals surface area contributed by atoms with E-state index < -0.39 is 11.0 Å². The van der Waals surface area contributed by atoms with Crippen molar-refractivity contribution < 1.29 is 14.8 Å². The molecule has 0 atom stereocenters. The Morgan fingerprint density at radius 3 is 2.52 bits per heavy atom. The molecule has 7 nitrogen and oxygen atoms in total. The van der Waals surface area contributed by atoms with Crippen molar-refractivity contribution in [1.82, 2.24) is 5.32 Å². The number of halogens is 1. The van der Waals surface area contributed by atoms with Crippen molar-refractivity contribution in [3.8, 4) is 5.75 Å².